The number of carbonyl (C=O) groups excluding carboxylic acids is 1. The Morgan fingerprint density at radius 2 is 1.95 bits per heavy atom. The molecule has 0 spiro atoms. The van der Waals surface area contributed by atoms with Crippen LogP contribution in [-0.4, -0.2) is 20.1 Å². The van der Waals surface area contributed by atoms with Crippen molar-refractivity contribution in [3.05, 3.63) is 40.8 Å². The fourth-order valence-electron chi connectivity index (χ4n) is 1.74. The molecule has 0 unspecified atom stereocenters. The minimum Gasteiger partial charge on any atom is -0.495 e. The quantitative estimate of drug-likeness (QED) is 0.937. The van der Waals surface area contributed by atoms with Gasteiger partial charge in [0.2, 0.25) is 0 Å². The first-order valence-electron chi connectivity index (χ1n) is 5.83. The summed E-state index contributed by atoms with van der Waals surface area (Å²) < 4.78 is 15.4. The predicted molar refractivity (Wildman–Crippen MR) is 76.0 cm³/mol. The number of nitrogens with one attached hydrogen (secondary N) is 1. The molecule has 1 N–H and O–H groups in total. The second-order valence-corrected chi connectivity index (χ2v) is 4.48. The molecule has 1 aromatic heterocycles. The van der Waals surface area contributed by atoms with Gasteiger partial charge in [0.15, 0.2) is 5.76 Å². The van der Waals surface area contributed by atoms with Crippen LogP contribution >= 0.6 is 11.6 Å². The van der Waals surface area contributed by atoms with Crippen LogP contribution in [0.4, 0.5) is 5.69 Å². The van der Waals surface area contributed by atoms with Crippen molar-refractivity contribution in [2.24, 2.45) is 0 Å². The molecule has 1 amide bonds. The Balaban J connectivity index is 2.31. The van der Waals surface area contributed by atoms with E-state index in [1.165, 1.54) is 20.5 Å². The Labute approximate surface area is 121 Å². The minimum atomic E-state index is -0.368. The third-order valence-corrected chi connectivity index (χ3v) is 3.09. The number of anilines is 1. The van der Waals surface area contributed by atoms with Crippen molar-refractivity contribution in [2.45, 2.75) is 6.92 Å². The van der Waals surface area contributed by atoms with Crippen LogP contribution in [0.2, 0.25) is 5.02 Å². The van der Waals surface area contributed by atoms with Gasteiger partial charge in [-0.05, 0) is 19.1 Å². The van der Waals surface area contributed by atoms with Gasteiger partial charge in [-0.3, -0.25) is 4.79 Å². The summed E-state index contributed by atoms with van der Waals surface area (Å²) in [7, 11) is 3.00. The van der Waals surface area contributed by atoms with Gasteiger partial charge in [0.05, 0.1) is 31.2 Å². The van der Waals surface area contributed by atoms with E-state index in [0.717, 1.165) is 5.56 Å². The van der Waals surface area contributed by atoms with Gasteiger partial charge in [-0.1, -0.05) is 11.6 Å². The molecule has 0 aliphatic heterocycles. The molecule has 2 rings (SSSR count). The molecule has 0 bridgehead atoms. The number of carbonyl (C=O) groups is 1. The molecule has 0 saturated heterocycles. The van der Waals surface area contributed by atoms with Crippen LogP contribution in [0.25, 0.3) is 0 Å². The lowest BCUT2D eigenvalue weighted by molar-refractivity contribution is 0.0995. The molecule has 20 heavy (non-hydrogen) atoms. The summed E-state index contributed by atoms with van der Waals surface area (Å²) >= 11 is 6.04. The fraction of sp³-hybridized carbons (Fsp3) is 0.214. The molecule has 6 heteroatoms. The largest absolute Gasteiger partial charge is 0.495 e. The number of benzene rings is 1. The van der Waals surface area contributed by atoms with Gasteiger partial charge in [0.1, 0.15) is 11.5 Å². The Kier molecular flexibility index (Phi) is 4.20. The second kappa shape index (κ2) is 5.88. The number of amides is 1. The van der Waals surface area contributed by atoms with Gasteiger partial charge < -0.3 is 19.2 Å². The zero-order valence-corrected chi connectivity index (χ0v) is 12.1. The Bertz CT molecular complexity index is 636. The standard InChI is InChI=1S/C14H14ClNO4/c1-8-4-5-20-13(8)14(17)16-10-6-9(15)11(18-2)7-12(10)19-3/h4-7H,1-3H3,(H,16,17). The van der Waals surface area contributed by atoms with Gasteiger partial charge in [-0.15, -0.1) is 0 Å². The third-order valence-electron chi connectivity index (χ3n) is 2.79. The highest BCUT2D eigenvalue weighted by Gasteiger charge is 2.16. The summed E-state index contributed by atoms with van der Waals surface area (Å²) in [5.74, 6) is 0.797. The van der Waals surface area contributed by atoms with E-state index in [-0.39, 0.29) is 11.7 Å². The molecule has 2 aromatic rings. The van der Waals surface area contributed by atoms with Crippen LogP contribution in [-0.2, 0) is 0 Å². The molecule has 0 aliphatic rings. The number of aryl methyl sites for hydroxylation is 1. The molecule has 0 atom stereocenters. The molecule has 0 radical (unpaired) electrons. The lowest BCUT2D eigenvalue weighted by Gasteiger charge is -2.12. The van der Waals surface area contributed by atoms with Crippen molar-refractivity contribution in [3.63, 3.8) is 0 Å². The van der Waals surface area contributed by atoms with Crippen LogP contribution in [0.3, 0.4) is 0 Å². The van der Waals surface area contributed by atoms with Crippen LogP contribution in [0.1, 0.15) is 16.1 Å². The van der Waals surface area contributed by atoms with Crippen molar-refractivity contribution < 1.29 is 18.7 Å². The van der Waals surface area contributed by atoms with Gasteiger partial charge in [0, 0.05) is 11.6 Å². The number of methoxy groups -OCH3 is 2. The van der Waals surface area contributed by atoms with Crippen LogP contribution in [0.15, 0.2) is 28.9 Å². The summed E-state index contributed by atoms with van der Waals surface area (Å²) in [6, 6.07) is 4.88. The van der Waals surface area contributed by atoms with E-state index >= 15 is 0 Å². The average Bonchev–Trinajstić information content (AvgIpc) is 2.85. The second-order valence-electron chi connectivity index (χ2n) is 4.07. The number of ether oxygens (including phenoxy) is 2. The first-order chi connectivity index (χ1) is 9.56. The molecule has 0 fully saturated rings. The molecule has 0 saturated carbocycles. The topological polar surface area (TPSA) is 60.7 Å². The van der Waals surface area contributed by atoms with E-state index in [9.17, 15) is 4.79 Å². The average molecular weight is 296 g/mol. The van der Waals surface area contributed by atoms with Gasteiger partial charge >= 0.3 is 0 Å². The third kappa shape index (κ3) is 2.72. The molecule has 1 heterocycles. The number of hydrogen-bond donors (Lipinski definition) is 1. The minimum absolute atomic E-state index is 0.249. The highest BCUT2D eigenvalue weighted by atomic mass is 35.5. The monoisotopic (exact) mass is 295 g/mol. The molecule has 106 valence electrons. The van der Waals surface area contributed by atoms with Crippen molar-refractivity contribution >= 4 is 23.2 Å². The number of furan rings is 1. The molecular weight excluding hydrogens is 282 g/mol. The highest BCUT2D eigenvalue weighted by Crippen LogP contribution is 2.36. The first kappa shape index (κ1) is 14.3. The van der Waals surface area contributed by atoms with Crippen LogP contribution in [0, 0.1) is 6.92 Å². The Morgan fingerprint density at radius 3 is 2.50 bits per heavy atom. The molecule has 0 aliphatic carbocycles. The summed E-state index contributed by atoms with van der Waals surface area (Å²) in [6.45, 7) is 1.79. The first-order valence-corrected chi connectivity index (χ1v) is 6.21. The fourth-order valence-corrected chi connectivity index (χ4v) is 1.98. The normalized spacial score (nSPS) is 10.2. The molecule has 5 nitrogen and oxygen atoms in total. The maximum Gasteiger partial charge on any atom is 0.291 e. The van der Waals surface area contributed by atoms with E-state index in [4.69, 9.17) is 25.5 Å². The maximum atomic E-state index is 12.1. The maximum absolute atomic E-state index is 12.1. The van der Waals surface area contributed by atoms with E-state index in [1.54, 1.807) is 25.1 Å². The number of halogens is 1. The van der Waals surface area contributed by atoms with E-state index in [2.05, 4.69) is 5.32 Å². The zero-order chi connectivity index (χ0) is 14.7. The van der Waals surface area contributed by atoms with E-state index in [1.807, 2.05) is 0 Å². The van der Waals surface area contributed by atoms with E-state index < -0.39 is 0 Å². The Morgan fingerprint density at radius 1 is 1.25 bits per heavy atom. The lowest BCUT2D eigenvalue weighted by Crippen LogP contribution is -2.13. The summed E-state index contributed by atoms with van der Waals surface area (Å²) in [5, 5.41) is 3.07. The number of rotatable bonds is 4. The van der Waals surface area contributed by atoms with Crippen LogP contribution < -0.4 is 14.8 Å². The summed E-state index contributed by atoms with van der Waals surface area (Å²) in [6.07, 6.45) is 1.46. The highest BCUT2D eigenvalue weighted by molar-refractivity contribution is 6.32. The summed E-state index contributed by atoms with van der Waals surface area (Å²) in [5.41, 5.74) is 1.19. The predicted octanol–water partition coefficient (Wildman–Crippen LogP) is 3.51. The SMILES string of the molecule is COc1cc(OC)c(NC(=O)c2occc2C)cc1Cl. The van der Waals surface area contributed by atoms with Crippen LogP contribution in [0.5, 0.6) is 11.5 Å². The van der Waals surface area contributed by atoms with Crippen molar-refractivity contribution in [2.75, 3.05) is 19.5 Å². The zero-order valence-electron chi connectivity index (χ0n) is 11.3. The smallest absolute Gasteiger partial charge is 0.291 e. The summed E-state index contributed by atoms with van der Waals surface area (Å²) in [4.78, 5) is 12.1. The van der Waals surface area contributed by atoms with Gasteiger partial charge in [0.25, 0.3) is 5.91 Å². The lowest BCUT2D eigenvalue weighted by atomic mass is 10.2. The number of hydrogen-bond acceptors (Lipinski definition) is 4. The molecule has 1 aromatic carbocycles. The Hall–Kier alpha value is -2.14. The van der Waals surface area contributed by atoms with E-state index in [0.29, 0.717) is 22.2 Å². The van der Waals surface area contributed by atoms with Gasteiger partial charge in [-0.2, -0.15) is 0 Å². The van der Waals surface area contributed by atoms with Crippen molar-refractivity contribution in [3.8, 4) is 11.5 Å². The van der Waals surface area contributed by atoms with Crippen molar-refractivity contribution in [1.82, 2.24) is 0 Å². The van der Waals surface area contributed by atoms with Gasteiger partial charge in [-0.25, -0.2) is 0 Å². The molecular formula is C14H14ClNO4. The van der Waals surface area contributed by atoms with Crippen molar-refractivity contribution in [1.29, 1.82) is 0 Å².